The topological polar surface area (TPSA) is 36.7 Å². The normalized spacial score (nSPS) is 17.3. The average molecular weight is 440 g/mol. The maximum atomic E-state index is 12.3. The van der Waals surface area contributed by atoms with Crippen LogP contribution in [0.4, 0.5) is 0 Å². The molecule has 0 unspecified atom stereocenters. The Hall–Kier alpha value is -0.911. The molecule has 3 heterocycles. The third-order valence-corrected chi connectivity index (χ3v) is 8.31. The van der Waals surface area contributed by atoms with Crippen LogP contribution in [0.25, 0.3) is 20.6 Å². The summed E-state index contributed by atoms with van der Waals surface area (Å²) >= 11 is 3.82. The number of nitrogens with zero attached hydrogens (tertiary/aromatic N) is 2. The van der Waals surface area contributed by atoms with Crippen molar-refractivity contribution in [1.82, 2.24) is 9.80 Å². The molecule has 4 rings (SSSR count). The average Bonchev–Trinajstić information content (AvgIpc) is 2.88. The van der Waals surface area contributed by atoms with E-state index in [1.807, 2.05) is 24.3 Å². The van der Waals surface area contributed by atoms with Gasteiger partial charge < -0.3 is 0 Å². The quantitative estimate of drug-likeness (QED) is 0.454. The monoisotopic (exact) mass is 440 g/mol. The van der Waals surface area contributed by atoms with Crippen molar-refractivity contribution < 1.29 is 4.42 Å². The van der Waals surface area contributed by atoms with Crippen LogP contribution in [-0.2, 0) is 6.54 Å². The molecule has 0 radical (unpaired) electrons. The molecule has 0 bridgehead atoms. The molecule has 0 aliphatic carbocycles. The van der Waals surface area contributed by atoms with E-state index in [1.165, 1.54) is 4.44 Å². The number of piperazine rings is 1. The van der Waals surface area contributed by atoms with Crippen LogP contribution in [0.1, 0.15) is 4.44 Å². The van der Waals surface area contributed by atoms with E-state index in [9.17, 15) is 4.79 Å². The molecule has 23 heavy (non-hydrogen) atoms. The van der Waals surface area contributed by atoms with Gasteiger partial charge in [0.15, 0.2) is 0 Å². The fraction of sp³-hybridized carbons (Fsp3) is 0.353. The number of halogens is 1. The second-order valence-electron chi connectivity index (χ2n) is 6.01. The molecule has 0 N–H and O–H groups in total. The first-order valence-corrected chi connectivity index (χ1v) is 10.2. The molecule has 1 aliphatic heterocycles. The molecule has 6 heteroatoms. The Morgan fingerprint density at radius 1 is 1.22 bits per heavy atom. The molecular weight excluding hydrogens is 423 g/mol. The van der Waals surface area contributed by atoms with Crippen LogP contribution in [0.3, 0.4) is 0 Å². The van der Waals surface area contributed by atoms with E-state index < -0.39 is 0 Å². The predicted molar refractivity (Wildman–Crippen MR) is 97.4 cm³/mol. The zero-order valence-corrected chi connectivity index (χ0v) is 16.1. The van der Waals surface area contributed by atoms with Crippen LogP contribution in [0.15, 0.2) is 37.9 Å². The second-order valence-corrected chi connectivity index (χ2v) is 9.12. The van der Waals surface area contributed by atoms with E-state index in [0.717, 1.165) is 52.2 Å². The van der Waals surface area contributed by atoms with Crippen molar-refractivity contribution in [3.05, 3.63) is 43.6 Å². The molecular formula is C17H17BrN2O2Se. The van der Waals surface area contributed by atoms with Gasteiger partial charge in [-0.1, -0.05) is 0 Å². The molecule has 0 amide bonds. The minimum atomic E-state index is -0.177. The summed E-state index contributed by atoms with van der Waals surface area (Å²) < 4.78 is 8.81. The fourth-order valence-corrected chi connectivity index (χ4v) is 6.67. The van der Waals surface area contributed by atoms with Gasteiger partial charge in [0, 0.05) is 0 Å². The van der Waals surface area contributed by atoms with Gasteiger partial charge in [-0.3, -0.25) is 0 Å². The van der Waals surface area contributed by atoms with Gasteiger partial charge in [0.1, 0.15) is 0 Å². The molecule has 1 aliphatic rings. The second kappa shape index (κ2) is 6.19. The summed E-state index contributed by atoms with van der Waals surface area (Å²) in [4.78, 5) is 17.2. The number of para-hydroxylation sites is 1. The summed E-state index contributed by atoms with van der Waals surface area (Å²) in [6.07, 6.45) is 0. The summed E-state index contributed by atoms with van der Waals surface area (Å²) in [5, 5.41) is 2.09. The van der Waals surface area contributed by atoms with Crippen LogP contribution in [-0.4, -0.2) is 57.5 Å². The number of rotatable bonds is 2. The first-order chi connectivity index (χ1) is 11.1. The maximum absolute atomic E-state index is 12.3. The molecule has 1 fully saturated rings. The van der Waals surface area contributed by atoms with Crippen molar-refractivity contribution in [1.29, 1.82) is 0 Å². The zero-order valence-electron chi connectivity index (χ0n) is 12.8. The molecule has 2 aromatic heterocycles. The Morgan fingerprint density at radius 3 is 2.74 bits per heavy atom. The standard InChI is InChI=1S/C17H17BrN2O2Se/c1-19-6-8-20(9-7-19)10-13-15(18)14-11-4-2-3-5-12(11)22-17(21)16(14)23-13/h2-5H,6-10H2,1H3. The number of fused-ring (bicyclic) bond motifs is 3. The molecule has 120 valence electrons. The first kappa shape index (κ1) is 15.6. The number of hydrogen-bond acceptors (Lipinski definition) is 4. The first-order valence-electron chi connectivity index (χ1n) is 7.67. The Morgan fingerprint density at radius 2 is 1.96 bits per heavy atom. The summed E-state index contributed by atoms with van der Waals surface area (Å²) in [7, 11) is 2.17. The van der Waals surface area contributed by atoms with E-state index in [0.29, 0.717) is 5.58 Å². The Kier molecular flexibility index (Phi) is 4.20. The molecule has 4 nitrogen and oxygen atoms in total. The number of benzene rings is 1. The van der Waals surface area contributed by atoms with Gasteiger partial charge in [0.2, 0.25) is 0 Å². The van der Waals surface area contributed by atoms with E-state index in [-0.39, 0.29) is 20.1 Å². The third-order valence-electron chi connectivity index (χ3n) is 4.42. The molecule has 0 atom stereocenters. The molecule has 3 aromatic rings. The van der Waals surface area contributed by atoms with E-state index >= 15 is 0 Å². The van der Waals surface area contributed by atoms with Crippen LogP contribution in [0.5, 0.6) is 0 Å². The van der Waals surface area contributed by atoms with Crippen molar-refractivity contribution in [3.63, 3.8) is 0 Å². The molecule has 1 aromatic carbocycles. The van der Waals surface area contributed by atoms with Crippen LogP contribution < -0.4 is 5.63 Å². The SMILES string of the molecule is CN1CCN(Cc2[se]c3c(=O)oc4ccccc4c3c2Br)CC1. The van der Waals surface area contributed by atoms with Crippen molar-refractivity contribution >= 4 is 51.0 Å². The fourth-order valence-electron chi connectivity index (χ4n) is 3.06. The van der Waals surface area contributed by atoms with Gasteiger partial charge in [-0.2, -0.15) is 0 Å². The summed E-state index contributed by atoms with van der Waals surface area (Å²) in [5.74, 6) is 0. The molecule has 0 saturated carbocycles. The Bertz CT molecular complexity index is 925. The van der Waals surface area contributed by atoms with Crippen molar-refractivity contribution in [2.45, 2.75) is 6.54 Å². The Labute approximate surface area is 148 Å². The zero-order chi connectivity index (χ0) is 16.0. The van der Waals surface area contributed by atoms with Crippen molar-refractivity contribution in [3.8, 4) is 0 Å². The van der Waals surface area contributed by atoms with Gasteiger partial charge in [-0.05, 0) is 0 Å². The number of hydrogen-bond donors (Lipinski definition) is 0. The van der Waals surface area contributed by atoms with E-state index in [4.69, 9.17) is 4.42 Å². The Balaban J connectivity index is 1.80. The molecule has 0 spiro atoms. The van der Waals surface area contributed by atoms with Crippen molar-refractivity contribution in [2.24, 2.45) is 0 Å². The van der Waals surface area contributed by atoms with Gasteiger partial charge in [-0.25, -0.2) is 0 Å². The minimum absolute atomic E-state index is 0.0438. The van der Waals surface area contributed by atoms with Crippen LogP contribution >= 0.6 is 15.9 Å². The van der Waals surface area contributed by atoms with Crippen molar-refractivity contribution in [2.75, 3.05) is 33.2 Å². The summed E-state index contributed by atoms with van der Waals surface area (Å²) in [6, 6.07) is 7.80. The van der Waals surface area contributed by atoms with Crippen LogP contribution in [0, 0.1) is 0 Å². The predicted octanol–water partition coefficient (Wildman–Crippen LogP) is 2.51. The third kappa shape index (κ3) is 2.83. The summed E-state index contributed by atoms with van der Waals surface area (Å²) in [6.45, 7) is 5.33. The van der Waals surface area contributed by atoms with Gasteiger partial charge in [0.25, 0.3) is 0 Å². The molecule has 1 saturated heterocycles. The van der Waals surface area contributed by atoms with E-state index in [2.05, 4.69) is 32.8 Å². The van der Waals surface area contributed by atoms with Crippen LogP contribution in [0.2, 0.25) is 0 Å². The van der Waals surface area contributed by atoms with Gasteiger partial charge in [0.05, 0.1) is 0 Å². The van der Waals surface area contributed by atoms with Gasteiger partial charge >= 0.3 is 149 Å². The van der Waals surface area contributed by atoms with E-state index in [1.54, 1.807) is 0 Å². The van der Waals surface area contributed by atoms with Gasteiger partial charge in [-0.15, -0.1) is 0 Å². The number of likely N-dealkylation sites (N-methyl/N-ethyl adjacent to an activating group) is 1. The summed E-state index contributed by atoms with van der Waals surface area (Å²) in [5.41, 5.74) is 0.494.